The van der Waals surface area contributed by atoms with Crippen LogP contribution < -0.4 is 14.9 Å². The molecule has 1 aliphatic rings. The molecule has 0 saturated heterocycles. The van der Waals surface area contributed by atoms with E-state index in [0.29, 0.717) is 22.6 Å². The molecule has 25 heavy (non-hydrogen) atoms. The second-order valence-corrected chi connectivity index (χ2v) is 5.18. The van der Waals surface area contributed by atoms with E-state index in [2.05, 4.69) is 10.5 Å². The van der Waals surface area contributed by atoms with E-state index in [1.54, 1.807) is 42.5 Å². The highest BCUT2D eigenvalue weighted by atomic mass is 16.6. The van der Waals surface area contributed by atoms with E-state index >= 15 is 0 Å². The Morgan fingerprint density at radius 2 is 1.88 bits per heavy atom. The molecule has 1 amide bonds. The summed E-state index contributed by atoms with van der Waals surface area (Å²) >= 11 is 0. The number of carbonyl (C=O) groups excluding carboxylic acids is 2. The highest BCUT2D eigenvalue weighted by molar-refractivity contribution is 5.99. The first-order valence-electron chi connectivity index (χ1n) is 7.58. The lowest BCUT2D eigenvalue weighted by atomic mass is 10.1. The normalized spacial score (nSPS) is 15.6. The lowest BCUT2D eigenvalue weighted by Crippen LogP contribution is -2.42. The number of hydrogen-bond donors (Lipinski definition) is 1. The minimum atomic E-state index is -0.803. The fourth-order valence-electron chi connectivity index (χ4n) is 2.29. The molecule has 2 aromatic carbocycles. The number of methoxy groups -OCH3 is 1. The van der Waals surface area contributed by atoms with Gasteiger partial charge >= 0.3 is 5.97 Å². The Balaban J connectivity index is 1.64. The molecule has 0 radical (unpaired) electrons. The number of esters is 1. The molecule has 0 saturated carbocycles. The van der Waals surface area contributed by atoms with E-state index in [1.165, 1.54) is 13.3 Å². The van der Waals surface area contributed by atoms with E-state index in [1.807, 2.05) is 6.07 Å². The van der Waals surface area contributed by atoms with Gasteiger partial charge in [-0.15, -0.1) is 0 Å². The van der Waals surface area contributed by atoms with Crippen LogP contribution in [-0.4, -0.2) is 37.9 Å². The Bertz CT molecular complexity index is 819. The average molecular weight is 340 g/mol. The number of nitrogens with zero attached hydrogens (tertiary/aromatic N) is 1. The molecule has 0 bridgehead atoms. The van der Waals surface area contributed by atoms with Crippen LogP contribution in [0.5, 0.6) is 11.5 Å². The van der Waals surface area contributed by atoms with Crippen molar-refractivity contribution in [2.24, 2.45) is 5.10 Å². The maximum absolute atomic E-state index is 12.2. The van der Waals surface area contributed by atoms with Crippen molar-refractivity contribution in [1.82, 2.24) is 5.43 Å². The van der Waals surface area contributed by atoms with Gasteiger partial charge in [0.2, 0.25) is 6.10 Å². The lowest BCUT2D eigenvalue weighted by molar-refractivity contribution is -0.130. The maximum atomic E-state index is 12.2. The Morgan fingerprint density at radius 1 is 1.16 bits per heavy atom. The molecule has 1 aliphatic heterocycles. The molecule has 7 nitrogen and oxygen atoms in total. The minimum absolute atomic E-state index is 0.0944. The number of ether oxygens (including phenoxy) is 3. The predicted octanol–water partition coefficient (Wildman–Crippen LogP) is 1.76. The molecule has 7 heteroatoms. The highest BCUT2D eigenvalue weighted by Gasteiger charge is 2.27. The first kappa shape index (κ1) is 16.5. The van der Waals surface area contributed by atoms with Gasteiger partial charge in [-0.1, -0.05) is 30.3 Å². The van der Waals surface area contributed by atoms with Crippen LogP contribution in [0.15, 0.2) is 53.6 Å². The van der Waals surface area contributed by atoms with E-state index in [4.69, 9.17) is 14.2 Å². The number of rotatable bonds is 4. The van der Waals surface area contributed by atoms with E-state index < -0.39 is 18.0 Å². The van der Waals surface area contributed by atoms with Gasteiger partial charge in [0.05, 0.1) is 18.9 Å². The quantitative estimate of drug-likeness (QED) is 0.521. The van der Waals surface area contributed by atoms with Crippen LogP contribution in [0.2, 0.25) is 0 Å². The molecule has 0 unspecified atom stereocenters. The topological polar surface area (TPSA) is 86.2 Å². The number of nitrogens with one attached hydrogen (secondary N) is 1. The van der Waals surface area contributed by atoms with Crippen molar-refractivity contribution in [1.29, 1.82) is 0 Å². The molecule has 128 valence electrons. The molecule has 1 atom stereocenters. The Hall–Kier alpha value is -3.35. The number of hydrazone groups is 1. The first-order chi connectivity index (χ1) is 12.2. The number of para-hydroxylation sites is 2. The van der Waals surface area contributed by atoms with Gasteiger partial charge in [0, 0.05) is 5.56 Å². The number of fused-ring (bicyclic) bond motifs is 1. The second kappa shape index (κ2) is 7.48. The monoisotopic (exact) mass is 340 g/mol. The third-order valence-electron chi connectivity index (χ3n) is 3.55. The Kier molecular flexibility index (Phi) is 4.94. The zero-order chi connectivity index (χ0) is 17.6. The van der Waals surface area contributed by atoms with Gasteiger partial charge in [-0.05, 0) is 18.2 Å². The zero-order valence-corrected chi connectivity index (χ0v) is 13.5. The first-order valence-corrected chi connectivity index (χ1v) is 7.58. The molecule has 1 heterocycles. The summed E-state index contributed by atoms with van der Waals surface area (Å²) in [6, 6.07) is 13.9. The van der Waals surface area contributed by atoms with Gasteiger partial charge in [-0.2, -0.15) is 5.10 Å². The third-order valence-corrected chi connectivity index (χ3v) is 3.55. The van der Waals surface area contributed by atoms with E-state index in [-0.39, 0.29) is 6.61 Å². The van der Waals surface area contributed by atoms with Crippen molar-refractivity contribution in [3.8, 4) is 11.5 Å². The number of carbonyl (C=O) groups is 2. The zero-order valence-electron chi connectivity index (χ0n) is 13.5. The van der Waals surface area contributed by atoms with Crippen LogP contribution in [0, 0.1) is 0 Å². The number of hydrogen-bond acceptors (Lipinski definition) is 6. The summed E-state index contributed by atoms with van der Waals surface area (Å²) in [7, 11) is 1.30. The van der Waals surface area contributed by atoms with Crippen molar-refractivity contribution in [3.63, 3.8) is 0 Å². The average Bonchev–Trinajstić information content (AvgIpc) is 2.67. The van der Waals surface area contributed by atoms with Crippen LogP contribution in [-0.2, 0) is 9.53 Å². The molecule has 3 rings (SSSR count). The van der Waals surface area contributed by atoms with Gasteiger partial charge in [-0.3, -0.25) is 4.79 Å². The third kappa shape index (κ3) is 3.77. The van der Waals surface area contributed by atoms with Crippen molar-refractivity contribution < 1.29 is 23.8 Å². The van der Waals surface area contributed by atoms with Crippen LogP contribution in [0.4, 0.5) is 0 Å². The smallest absolute Gasteiger partial charge is 0.338 e. The SMILES string of the molecule is COC(=O)c1ccccc1/C=N\NC(=O)[C@@H]1COc2ccccc2O1. The second-order valence-electron chi connectivity index (χ2n) is 5.18. The van der Waals surface area contributed by atoms with Crippen molar-refractivity contribution in [3.05, 3.63) is 59.7 Å². The molecule has 0 spiro atoms. The van der Waals surface area contributed by atoms with Gasteiger partial charge in [0.1, 0.15) is 6.61 Å². The van der Waals surface area contributed by atoms with Gasteiger partial charge in [0.15, 0.2) is 11.5 Å². The fraction of sp³-hybridized carbons (Fsp3) is 0.167. The highest BCUT2D eigenvalue weighted by Crippen LogP contribution is 2.30. The van der Waals surface area contributed by atoms with Crippen LogP contribution in [0.25, 0.3) is 0 Å². The van der Waals surface area contributed by atoms with Gasteiger partial charge < -0.3 is 14.2 Å². The standard InChI is InChI=1S/C18H16N2O5/c1-23-18(22)13-7-3-2-6-12(13)10-19-20-17(21)16-11-24-14-8-4-5-9-15(14)25-16/h2-10,16H,11H2,1H3,(H,20,21)/b19-10-/t16-/m0/s1. The van der Waals surface area contributed by atoms with Crippen LogP contribution >= 0.6 is 0 Å². The predicted molar refractivity (Wildman–Crippen MR) is 89.9 cm³/mol. The summed E-state index contributed by atoms with van der Waals surface area (Å²) in [5, 5.41) is 3.88. The molecular weight excluding hydrogens is 324 g/mol. The van der Waals surface area contributed by atoms with E-state index in [0.717, 1.165) is 0 Å². The van der Waals surface area contributed by atoms with Crippen LogP contribution in [0.3, 0.4) is 0 Å². The largest absolute Gasteiger partial charge is 0.485 e. The van der Waals surface area contributed by atoms with Crippen LogP contribution in [0.1, 0.15) is 15.9 Å². The molecule has 2 aromatic rings. The summed E-state index contributed by atoms with van der Waals surface area (Å²) in [5.41, 5.74) is 3.27. The summed E-state index contributed by atoms with van der Waals surface area (Å²) in [5.74, 6) is 0.186. The molecule has 1 N–H and O–H groups in total. The van der Waals surface area contributed by atoms with E-state index in [9.17, 15) is 9.59 Å². The minimum Gasteiger partial charge on any atom is -0.485 e. The van der Waals surface area contributed by atoms with Crippen molar-refractivity contribution >= 4 is 18.1 Å². The maximum Gasteiger partial charge on any atom is 0.338 e. The molecule has 0 aliphatic carbocycles. The summed E-state index contributed by atoms with van der Waals surface area (Å²) in [6.07, 6.45) is 0.574. The van der Waals surface area contributed by atoms with Crippen molar-refractivity contribution in [2.45, 2.75) is 6.10 Å². The molecular formula is C18H16N2O5. The fourth-order valence-corrected chi connectivity index (χ4v) is 2.29. The summed E-state index contributed by atoms with van der Waals surface area (Å²) in [6.45, 7) is 0.0944. The Morgan fingerprint density at radius 3 is 2.68 bits per heavy atom. The lowest BCUT2D eigenvalue weighted by Gasteiger charge is -2.24. The molecule has 0 aromatic heterocycles. The van der Waals surface area contributed by atoms with Crippen molar-refractivity contribution in [2.75, 3.05) is 13.7 Å². The summed E-state index contributed by atoms with van der Waals surface area (Å²) < 4.78 is 15.8. The van der Waals surface area contributed by atoms with Gasteiger partial charge in [-0.25, -0.2) is 10.2 Å². The number of amides is 1. The number of benzene rings is 2. The molecule has 0 fully saturated rings. The summed E-state index contributed by atoms with van der Waals surface area (Å²) in [4.78, 5) is 23.8. The van der Waals surface area contributed by atoms with Gasteiger partial charge in [0.25, 0.3) is 5.91 Å². The Labute approximate surface area is 144 Å².